The van der Waals surface area contributed by atoms with E-state index < -0.39 is 9.84 Å². The molecule has 0 aliphatic carbocycles. The molecule has 0 bridgehead atoms. The Bertz CT molecular complexity index is 1200. The van der Waals surface area contributed by atoms with Crippen LogP contribution in [0.3, 0.4) is 0 Å². The van der Waals surface area contributed by atoms with Gasteiger partial charge in [0.15, 0.2) is 15.6 Å². The summed E-state index contributed by atoms with van der Waals surface area (Å²) in [5, 5.41) is 0. The molecule has 6 nitrogen and oxygen atoms in total. The second-order valence-corrected chi connectivity index (χ2v) is 10.1. The number of sulfone groups is 1. The third kappa shape index (κ3) is 4.44. The summed E-state index contributed by atoms with van der Waals surface area (Å²) in [7, 11) is -3.29. The van der Waals surface area contributed by atoms with Gasteiger partial charge in [-0.3, -0.25) is 4.79 Å². The van der Waals surface area contributed by atoms with E-state index in [2.05, 4.69) is 15.9 Å². The topological polar surface area (TPSA) is 76.8 Å². The molecule has 0 fully saturated rings. The number of amides is 1. The molecule has 4 rings (SSSR count). The first-order valence-electron chi connectivity index (χ1n) is 9.43. The van der Waals surface area contributed by atoms with E-state index in [9.17, 15) is 13.2 Å². The van der Waals surface area contributed by atoms with Crippen molar-refractivity contribution in [3.05, 3.63) is 76.2 Å². The maximum absolute atomic E-state index is 13.0. The molecule has 1 aliphatic rings. The van der Waals surface area contributed by atoms with Crippen molar-refractivity contribution in [2.75, 3.05) is 17.7 Å². The number of nitrogens with zero attached hydrogens (tertiary/aromatic N) is 1. The van der Waals surface area contributed by atoms with Crippen LogP contribution in [-0.4, -0.2) is 27.1 Å². The highest BCUT2D eigenvalue weighted by Gasteiger charge is 2.26. The first-order valence-corrected chi connectivity index (χ1v) is 12.1. The SMILES string of the molecule is CS(=O)(=O)c1ccc2c(c1)CCCN2C(=O)c1ccc(COc2cccc(Br)c2)o1. The van der Waals surface area contributed by atoms with Crippen LogP contribution in [0.4, 0.5) is 5.69 Å². The van der Waals surface area contributed by atoms with Crippen LogP contribution >= 0.6 is 15.9 Å². The molecular formula is C22H20BrNO5S. The molecule has 0 spiro atoms. The molecular weight excluding hydrogens is 470 g/mol. The lowest BCUT2D eigenvalue weighted by atomic mass is 10.0. The zero-order valence-electron chi connectivity index (χ0n) is 16.3. The van der Waals surface area contributed by atoms with Crippen molar-refractivity contribution in [2.45, 2.75) is 24.3 Å². The molecule has 0 saturated heterocycles. The van der Waals surface area contributed by atoms with E-state index in [1.54, 1.807) is 35.2 Å². The zero-order chi connectivity index (χ0) is 21.3. The van der Waals surface area contributed by atoms with Gasteiger partial charge in [-0.2, -0.15) is 0 Å². The standard InChI is InChI=1S/C22H20BrNO5S/c1-30(26,27)19-8-9-20-15(12-19)4-3-11-24(20)22(25)21-10-7-18(29-21)14-28-17-6-2-5-16(23)13-17/h2,5-10,12-13H,3-4,11,14H2,1H3. The number of rotatable bonds is 5. The molecule has 2 heterocycles. The second kappa shape index (κ2) is 8.28. The van der Waals surface area contributed by atoms with Crippen LogP contribution in [-0.2, 0) is 22.9 Å². The van der Waals surface area contributed by atoms with E-state index in [1.807, 2.05) is 24.3 Å². The van der Waals surface area contributed by atoms with Gasteiger partial charge >= 0.3 is 0 Å². The number of carbonyl (C=O) groups excluding carboxylic acids is 1. The number of aryl methyl sites for hydroxylation is 1. The molecule has 8 heteroatoms. The summed E-state index contributed by atoms with van der Waals surface area (Å²) in [6.45, 7) is 0.757. The molecule has 1 amide bonds. The summed E-state index contributed by atoms with van der Waals surface area (Å²) in [6.07, 6.45) is 2.67. The van der Waals surface area contributed by atoms with Crippen molar-refractivity contribution in [2.24, 2.45) is 0 Å². The van der Waals surface area contributed by atoms with E-state index in [-0.39, 0.29) is 23.2 Å². The predicted octanol–water partition coefficient (Wildman–Crippen LogP) is 4.62. The Hall–Kier alpha value is -2.58. The van der Waals surface area contributed by atoms with Gasteiger partial charge in [0, 0.05) is 23.0 Å². The molecule has 3 aromatic rings. The predicted molar refractivity (Wildman–Crippen MR) is 117 cm³/mol. The number of hydrogen-bond acceptors (Lipinski definition) is 5. The van der Waals surface area contributed by atoms with Gasteiger partial charge in [0.1, 0.15) is 18.1 Å². The quantitative estimate of drug-likeness (QED) is 0.522. The second-order valence-electron chi connectivity index (χ2n) is 7.14. The first-order chi connectivity index (χ1) is 14.3. The summed E-state index contributed by atoms with van der Waals surface area (Å²) >= 11 is 3.40. The van der Waals surface area contributed by atoms with Crippen LogP contribution in [0.15, 0.2) is 68.4 Å². The van der Waals surface area contributed by atoms with Gasteiger partial charge < -0.3 is 14.1 Å². The van der Waals surface area contributed by atoms with E-state index in [0.29, 0.717) is 18.1 Å². The van der Waals surface area contributed by atoms with E-state index in [0.717, 1.165) is 28.6 Å². The average molecular weight is 490 g/mol. The maximum Gasteiger partial charge on any atom is 0.293 e. The molecule has 156 valence electrons. The average Bonchev–Trinajstić information content (AvgIpc) is 3.19. The Kier molecular flexibility index (Phi) is 5.71. The van der Waals surface area contributed by atoms with Crippen LogP contribution in [0.25, 0.3) is 0 Å². The number of halogens is 1. The number of fused-ring (bicyclic) bond motifs is 1. The van der Waals surface area contributed by atoms with E-state index in [4.69, 9.17) is 9.15 Å². The minimum atomic E-state index is -3.29. The van der Waals surface area contributed by atoms with Gasteiger partial charge in [0.05, 0.1) is 4.90 Å². The number of furan rings is 1. The summed E-state index contributed by atoms with van der Waals surface area (Å²) in [6, 6.07) is 15.7. The van der Waals surface area contributed by atoms with Gasteiger partial charge in [0.25, 0.3) is 5.91 Å². The molecule has 30 heavy (non-hydrogen) atoms. The number of ether oxygens (including phenoxy) is 1. The Balaban J connectivity index is 1.51. The summed E-state index contributed by atoms with van der Waals surface area (Å²) < 4.78 is 36.0. The molecule has 0 atom stereocenters. The van der Waals surface area contributed by atoms with Crippen LogP contribution in [0.5, 0.6) is 5.75 Å². The van der Waals surface area contributed by atoms with Gasteiger partial charge in [-0.25, -0.2) is 8.42 Å². The van der Waals surface area contributed by atoms with Crippen molar-refractivity contribution in [1.82, 2.24) is 0 Å². The van der Waals surface area contributed by atoms with Crippen LogP contribution < -0.4 is 9.64 Å². The van der Waals surface area contributed by atoms with Crippen LogP contribution in [0.2, 0.25) is 0 Å². The molecule has 0 radical (unpaired) electrons. The number of carbonyl (C=O) groups is 1. The third-order valence-corrected chi connectivity index (χ3v) is 6.50. The summed E-state index contributed by atoms with van der Waals surface area (Å²) in [4.78, 5) is 14.9. The fraction of sp³-hybridized carbons (Fsp3) is 0.227. The van der Waals surface area contributed by atoms with Crippen molar-refractivity contribution >= 4 is 37.4 Å². The molecule has 0 N–H and O–H groups in total. The Labute approximate surface area is 183 Å². The smallest absolute Gasteiger partial charge is 0.293 e. The maximum atomic E-state index is 13.0. The van der Waals surface area contributed by atoms with E-state index >= 15 is 0 Å². The highest BCUT2D eigenvalue weighted by molar-refractivity contribution is 9.10. The molecule has 2 aromatic carbocycles. The van der Waals surface area contributed by atoms with Gasteiger partial charge in [-0.05, 0) is 66.9 Å². The zero-order valence-corrected chi connectivity index (χ0v) is 18.7. The van der Waals surface area contributed by atoms with Crippen molar-refractivity contribution in [1.29, 1.82) is 0 Å². The van der Waals surface area contributed by atoms with Gasteiger partial charge in [-0.15, -0.1) is 0 Å². The lowest BCUT2D eigenvalue weighted by Gasteiger charge is -2.29. The largest absolute Gasteiger partial charge is 0.486 e. The number of benzene rings is 2. The third-order valence-electron chi connectivity index (χ3n) is 4.89. The highest BCUT2D eigenvalue weighted by Crippen LogP contribution is 2.31. The summed E-state index contributed by atoms with van der Waals surface area (Å²) in [5.74, 6) is 1.21. The molecule has 0 saturated carbocycles. The monoisotopic (exact) mass is 489 g/mol. The fourth-order valence-corrected chi connectivity index (χ4v) is 4.48. The van der Waals surface area contributed by atoms with Crippen molar-refractivity contribution < 1.29 is 22.4 Å². The molecule has 0 unspecified atom stereocenters. The Morgan fingerprint density at radius 1 is 1.17 bits per heavy atom. The minimum absolute atomic E-state index is 0.206. The van der Waals surface area contributed by atoms with Crippen molar-refractivity contribution in [3.8, 4) is 5.75 Å². The Morgan fingerprint density at radius 3 is 2.77 bits per heavy atom. The van der Waals surface area contributed by atoms with Gasteiger partial charge in [-0.1, -0.05) is 22.0 Å². The lowest BCUT2D eigenvalue weighted by Crippen LogP contribution is -2.35. The van der Waals surface area contributed by atoms with Crippen LogP contribution in [0, 0.1) is 0 Å². The fourth-order valence-electron chi connectivity index (χ4n) is 3.43. The van der Waals surface area contributed by atoms with Gasteiger partial charge in [0.2, 0.25) is 0 Å². The highest BCUT2D eigenvalue weighted by atomic mass is 79.9. The molecule has 1 aliphatic heterocycles. The number of hydrogen-bond donors (Lipinski definition) is 0. The summed E-state index contributed by atoms with van der Waals surface area (Å²) in [5.41, 5.74) is 1.57. The van der Waals surface area contributed by atoms with Crippen molar-refractivity contribution in [3.63, 3.8) is 0 Å². The minimum Gasteiger partial charge on any atom is -0.486 e. The molecule has 1 aromatic heterocycles. The van der Waals surface area contributed by atoms with Crippen LogP contribution in [0.1, 0.15) is 28.3 Å². The van der Waals surface area contributed by atoms with E-state index in [1.165, 1.54) is 6.26 Å². The normalized spacial score (nSPS) is 13.7. The number of anilines is 1. The Morgan fingerprint density at radius 2 is 2.00 bits per heavy atom. The first kappa shape index (κ1) is 20.7. The lowest BCUT2D eigenvalue weighted by molar-refractivity contribution is 0.0954.